The molecule has 1 aliphatic rings. The van der Waals surface area contributed by atoms with Crippen LogP contribution in [0.5, 0.6) is 11.5 Å². The molecule has 5 heteroatoms. The monoisotopic (exact) mass is 327 g/mol. The van der Waals surface area contributed by atoms with E-state index in [4.69, 9.17) is 25.8 Å². The maximum Gasteiger partial charge on any atom is 0.180 e. The van der Waals surface area contributed by atoms with E-state index in [2.05, 4.69) is 5.32 Å². The fourth-order valence-electron chi connectivity index (χ4n) is 2.52. The number of nitrogens with one attached hydrogen (secondary N) is 1. The molecule has 0 bridgehead atoms. The number of hydrogen-bond donors (Lipinski definition) is 1. The molecular weight excluding hydrogens is 302 g/mol. The van der Waals surface area contributed by atoms with Gasteiger partial charge in [0.1, 0.15) is 0 Å². The van der Waals surface area contributed by atoms with Crippen LogP contribution in [-0.4, -0.2) is 32.0 Å². The molecule has 1 saturated heterocycles. The topological polar surface area (TPSA) is 39.7 Å². The van der Waals surface area contributed by atoms with Gasteiger partial charge in [0.15, 0.2) is 11.5 Å². The molecule has 1 N–H and O–H groups in total. The minimum absolute atomic E-state index is 0.0557. The predicted molar refractivity (Wildman–Crippen MR) is 89.1 cm³/mol. The smallest absolute Gasteiger partial charge is 0.180 e. The van der Waals surface area contributed by atoms with Crippen LogP contribution in [0.1, 0.15) is 39.2 Å². The van der Waals surface area contributed by atoms with E-state index in [-0.39, 0.29) is 6.10 Å². The number of hydrogen-bond acceptors (Lipinski definition) is 4. The molecule has 0 spiro atoms. The van der Waals surface area contributed by atoms with Crippen molar-refractivity contribution in [3.8, 4) is 11.5 Å². The molecule has 124 valence electrons. The van der Waals surface area contributed by atoms with Gasteiger partial charge >= 0.3 is 0 Å². The summed E-state index contributed by atoms with van der Waals surface area (Å²) in [4.78, 5) is 0. The predicted octanol–water partition coefficient (Wildman–Crippen LogP) is 3.79. The Labute approximate surface area is 138 Å². The van der Waals surface area contributed by atoms with Gasteiger partial charge in [0.2, 0.25) is 0 Å². The Bertz CT molecular complexity index is 473. The summed E-state index contributed by atoms with van der Waals surface area (Å²) in [6.45, 7) is 8.97. The highest BCUT2D eigenvalue weighted by Gasteiger charge is 2.16. The van der Waals surface area contributed by atoms with Crippen LogP contribution in [0.3, 0.4) is 0 Å². The molecule has 0 saturated carbocycles. The average Bonchev–Trinajstić information content (AvgIpc) is 2.96. The van der Waals surface area contributed by atoms with Gasteiger partial charge in [-0.2, -0.15) is 0 Å². The number of halogens is 1. The highest BCUT2D eigenvalue weighted by atomic mass is 35.5. The molecule has 0 radical (unpaired) electrons. The molecule has 1 aliphatic heterocycles. The second kappa shape index (κ2) is 8.61. The van der Waals surface area contributed by atoms with Gasteiger partial charge in [-0.25, -0.2) is 0 Å². The Hall–Kier alpha value is -0.970. The summed E-state index contributed by atoms with van der Waals surface area (Å²) in [7, 11) is 0. The third-order valence-corrected chi connectivity index (χ3v) is 3.73. The van der Waals surface area contributed by atoms with Crippen LogP contribution in [0.15, 0.2) is 12.1 Å². The summed E-state index contributed by atoms with van der Waals surface area (Å²) in [5.74, 6) is 1.33. The summed E-state index contributed by atoms with van der Waals surface area (Å²) in [6.07, 6.45) is 2.69. The zero-order chi connectivity index (χ0) is 15.9. The van der Waals surface area contributed by atoms with Gasteiger partial charge in [-0.15, -0.1) is 0 Å². The number of benzene rings is 1. The van der Waals surface area contributed by atoms with E-state index in [1.165, 1.54) is 0 Å². The zero-order valence-corrected chi connectivity index (χ0v) is 14.4. The lowest BCUT2D eigenvalue weighted by Crippen LogP contribution is -2.25. The second-order valence-corrected chi connectivity index (χ2v) is 6.18. The van der Waals surface area contributed by atoms with Crippen molar-refractivity contribution in [3.05, 3.63) is 22.7 Å². The van der Waals surface area contributed by atoms with Crippen molar-refractivity contribution in [2.24, 2.45) is 0 Å². The normalized spacial score (nSPS) is 18.0. The van der Waals surface area contributed by atoms with Crippen molar-refractivity contribution in [1.29, 1.82) is 0 Å². The molecule has 1 aromatic carbocycles. The molecule has 1 heterocycles. The molecule has 0 aromatic heterocycles. The fourth-order valence-corrected chi connectivity index (χ4v) is 2.80. The van der Waals surface area contributed by atoms with E-state index in [0.29, 0.717) is 29.2 Å². The summed E-state index contributed by atoms with van der Waals surface area (Å²) >= 11 is 6.36. The molecular formula is C17H26ClNO3. The first-order chi connectivity index (χ1) is 10.6. The van der Waals surface area contributed by atoms with E-state index in [1.54, 1.807) is 0 Å². The minimum Gasteiger partial charge on any atom is -0.490 e. The van der Waals surface area contributed by atoms with E-state index in [1.807, 2.05) is 32.9 Å². The Balaban J connectivity index is 2.01. The third kappa shape index (κ3) is 5.04. The quantitative estimate of drug-likeness (QED) is 0.788. The molecule has 1 fully saturated rings. The van der Waals surface area contributed by atoms with E-state index in [0.717, 1.165) is 38.1 Å². The molecule has 0 amide bonds. The van der Waals surface area contributed by atoms with E-state index < -0.39 is 0 Å². The van der Waals surface area contributed by atoms with Crippen LogP contribution in [0.4, 0.5) is 0 Å². The molecule has 1 atom stereocenters. The fraction of sp³-hybridized carbons (Fsp3) is 0.647. The molecule has 2 rings (SSSR count). The van der Waals surface area contributed by atoms with Crippen LogP contribution in [0.2, 0.25) is 5.02 Å². The van der Waals surface area contributed by atoms with Crippen LogP contribution in [0.25, 0.3) is 0 Å². The second-order valence-electron chi connectivity index (χ2n) is 5.77. The maximum atomic E-state index is 6.36. The first kappa shape index (κ1) is 17.4. The molecule has 1 aromatic rings. The van der Waals surface area contributed by atoms with Crippen molar-refractivity contribution in [2.75, 3.05) is 19.8 Å². The Morgan fingerprint density at radius 2 is 2.23 bits per heavy atom. The number of rotatable bonds is 8. The van der Waals surface area contributed by atoms with Crippen LogP contribution in [-0.2, 0) is 11.3 Å². The maximum absolute atomic E-state index is 6.36. The minimum atomic E-state index is 0.0557. The van der Waals surface area contributed by atoms with Crippen molar-refractivity contribution in [3.63, 3.8) is 0 Å². The highest BCUT2D eigenvalue weighted by Crippen LogP contribution is 2.37. The Morgan fingerprint density at radius 3 is 2.86 bits per heavy atom. The summed E-state index contributed by atoms with van der Waals surface area (Å²) in [5.41, 5.74) is 1.09. The van der Waals surface area contributed by atoms with Gasteiger partial charge < -0.3 is 19.5 Å². The first-order valence-corrected chi connectivity index (χ1v) is 8.42. The molecule has 22 heavy (non-hydrogen) atoms. The van der Waals surface area contributed by atoms with Crippen molar-refractivity contribution >= 4 is 11.6 Å². The van der Waals surface area contributed by atoms with Crippen molar-refractivity contribution in [1.82, 2.24) is 5.32 Å². The van der Waals surface area contributed by atoms with E-state index >= 15 is 0 Å². The number of ether oxygens (including phenoxy) is 3. The van der Waals surface area contributed by atoms with E-state index in [9.17, 15) is 0 Å². The van der Waals surface area contributed by atoms with Crippen LogP contribution in [0, 0.1) is 0 Å². The zero-order valence-electron chi connectivity index (χ0n) is 13.7. The van der Waals surface area contributed by atoms with Gasteiger partial charge in [0.25, 0.3) is 0 Å². The Morgan fingerprint density at radius 1 is 1.41 bits per heavy atom. The lowest BCUT2D eigenvalue weighted by molar-refractivity contribution is 0.110. The van der Waals surface area contributed by atoms with Gasteiger partial charge in [0.05, 0.1) is 23.8 Å². The van der Waals surface area contributed by atoms with Crippen LogP contribution < -0.4 is 14.8 Å². The van der Waals surface area contributed by atoms with Gasteiger partial charge in [-0.1, -0.05) is 11.6 Å². The molecule has 0 aliphatic carbocycles. The van der Waals surface area contributed by atoms with Gasteiger partial charge in [-0.3, -0.25) is 0 Å². The molecule has 4 nitrogen and oxygen atoms in total. The summed E-state index contributed by atoms with van der Waals surface area (Å²) < 4.78 is 17.1. The lowest BCUT2D eigenvalue weighted by atomic mass is 10.2. The van der Waals surface area contributed by atoms with Crippen molar-refractivity contribution in [2.45, 2.75) is 52.4 Å². The first-order valence-electron chi connectivity index (χ1n) is 8.04. The molecule has 1 unspecified atom stereocenters. The van der Waals surface area contributed by atoms with Crippen LogP contribution >= 0.6 is 11.6 Å². The third-order valence-electron chi connectivity index (χ3n) is 3.45. The van der Waals surface area contributed by atoms with Crippen molar-refractivity contribution < 1.29 is 14.2 Å². The summed E-state index contributed by atoms with van der Waals surface area (Å²) in [5, 5.41) is 4.01. The Kier molecular flexibility index (Phi) is 6.80. The standard InChI is InChI=1S/C17H26ClNO3/c1-4-20-16-9-13(8-15(18)17(16)22-12(2)3)10-19-11-14-6-5-7-21-14/h8-9,12,14,19H,4-7,10-11H2,1-3H3. The largest absolute Gasteiger partial charge is 0.490 e. The van der Waals surface area contributed by atoms with Gasteiger partial charge in [-0.05, 0) is 51.3 Å². The average molecular weight is 328 g/mol. The SMILES string of the molecule is CCOc1cc(CNCC2CCCO2)cc(Cl)c1OC(C)C. The lowest BCUT2D eigenvalue weighted by Gasteiger charge is -2.18. The highest BCUT2D eigenvalue weighted by molar-refractivity contribution is 6.32. The van der Waals surface area contributed by atoms with Gasteiger partial charge in [0, 0.05) is 19.7 Å². The summed E-state index contributed by atoms with van der Waals surface area (Å²) in [6, 6.07) is 3.93.